The molecule has 1 aliphatic heterocycles. The molecule has 130 valence electrons. The van der Waals surface area contributed by atoms with Crippen LogP contribution in [0.1, 0.15) is 23.2 Å². The molecule has 5 nitrogen and oxygen atoms in total. The fraction of sp³-hybridized carbons (Fsp3) is 0.150. The zero-order chi connectivity index (χ0) is 17.7. The molecule has 4 aromatic rings. The maximum absolute atomic E-state index is 12.6. The van der Waals surface area contributed by atoms with Crippen LogP contribution in [0.15, 0.2) is 59.3 Å². The molecule has 2 aromatic heterocycles. The monoisotopic (exact) mass is 408 g/mol. The van der Waals surface area contributed by atoms with E-state index < -0.39 is 6.04 Å². The van der Waals surface area contributed by atoms with E-state index in [9.17, 15) is 4.79 Å². The zero-order valence-electron chi connectivity index (χ0n) is 13.8. The molecule has 1 fully saturated rings. The molecule has 0 spiro atoms. The van der Waals surface area contributed by atoms with E-state index in [1.54, 1.807) is 0 Å². The number of fused-ring (bicyclic) bond motifs is 2. The number of para-hydroxylation sites is 1. The SMILES string of the molecule is O=C1NC[C@H](c2c[nH]c3ccccc23)N[C@H]1c1c[nH]c2cc(Br)ccc12. The minimum atomic E-state index is -0.391. The average Bonchev–Trinajstić information content (AvgIpc) is 3.26. The van der Waals surface area contributed by atoms with Crippen molar-refractivity contribution in [3.8, 4) is 0 Å². The molecule has 26 heavy (non-hydrogen) atoms. The van der Waals surface area contributed by atoms with Crippen LogP contribution in [-0.4, -0.2) is 22.4 Å². The molecule has 6 heteroatoms. The number of piperazine rings is 1. The van der Waals surface area contributed by atoms with Crippen LogP contribution in [0.3, 0.4) is 0 Å². The highest BCUT2D eigenvalue weighted by Crippen LogP contribution is 2.32. The van der Waals surface area contributed by atoms with Gasteiger partial charge in [0.25, 0.3) is 0 Å². The topological polar surface area (TPSA) is 72.7 Å². The van der Waals surface area contributed by atoms with Gasteiger partial charge in [-0.2, -0.15) is 0 Å². The molecule has 4 N–H and O–H groups in total. The van der Waals surface area contributed by atoms with Crippen LogP contribution in [0.25, 0.3) is 21.8 Å². The predicted octanol–water partition coefficient (Wildman–Crippen LogP) is 3.91. The van der Waals surface area contributed by atoms with Crippen molar-refractivity contribution in [2.75, 3.05) is 6.54 Å². The lowest BCUT2D eigenvalue weighted by Crippen LogP contribution is -2.49. The van der Waals surface area contributed by atoms with Crippen LogP contribution < -0.4 is 10.6 Å². The third-order valence-electron chi connectivity index (χ3n) is 5.09. The van der Waals surface area contributed by atoms with Gasteiger partial charge in [0.15, 0.2) is 0 Å². The van der Waals surface area contributed by atoms with Gasteiger partial charge in [0.05, 0.1) is 6.04 Å². The van der Waals surface area contributed by atoms with Gasteiger partial charge in [-0.25, -0.2) is 0 Å². The Bertz CT molecular complexity index is 1130. The Morgan fingerprint density at radius 1 is 0.923 bits per heavy atom. The predicted molar refractivity (Wildman–Crippen MR) is 106 cm³/mol. The van der Waals surface area contributed by atoms with Gasteiger partial charge in [0.1, 0.15) is 6.04 Å². The van der Waals surface area contributed by atoms with Crippen LogP contribution in [-0.2, 0) is 4.79 Å². The first kappa shape index (κ1) is 15.7. The van der Waals surface area contributed by atoms with Crippen molar-refractivity contribution in [1.29, 1.82) is 0 Å². The maximum atomic E-state index is 12.6. The van der Waals surface area contributed by atoms with Gasteiger partial charge in [-0.05, 0) is 23.8 Å². The molecule has 2 aromatic carbocycles. The third-order valence-corrected chi connectivity index (χ3v) is 5.59. The third kappa shape index (κ3) is 2.45. The highest BCUT2D eigenvalue weighted by molar-refractivity contribution is 9.10. The summed E-state index contributed by atoms with van der Waals surface area (Å²) in [6, 6.07) is 13.9. The van der Waals surface area contributed by atoms with Crippen molar-refractivity contribution in [1.82, 2.24) is 20.6 Å². The molecule has 0 saturated carbocycles. The summed E-state index contributed by atoms with van der Waals surface area (Å²) >= 11 is 3.49. The minimum Gasteiger partial charge on any atom is -0.361 e. The van der Waals surface area contributed by atoms with Gasteiger partial charge in [-0.1, -0.05) is 40.2 Å². The highest BCUT2D eigenvalue weighted by Gasteiger charge is 2.32. The molecular formula is C20H17BrN4O. The summed E-state index contributed by atoms with van der Waals surface area (Å²) in [6.07, 6.45) is 3.95. The highest BCUT2D eigenvalue weighted by atomic mass is 79.9. The van der Waals surface area contributed by atoms with Crippen LogP contribution in [0, 0.1) is 0 Å². The van der Waals surface area contributed by atoms with Gasteiger partial charge < -0.3 is 15.3 Å². The number of H-pyrrole nitrogens is 2. The van der Waals surface area contributed by atoms with E-state index in [1.807, 2.05) is 42.7 Å². The van der Waals surface area contributed by atoms with Crippen molar-refractivity contribution in [3.05, 3.63) is 70.5 Å². The van der Waals surface area contributed by atoms with E-state index >= 15 is 0 Å². The summed E-state index contributed by atoms with van der Waals surface area (Å²) < 4.78 is 1.01. The van der Waals surface area contributed by atoms with E-state index in [0.717, 1.165) is 26.5 Å². The van der Waals surface area contributed by atoms with E-state index in [0.29, 0.717) is 6.54 Å². The molecule has 0 radical (unpaired) electrons. The van der Waals surface area contributed by atoms with Crippen LogP contribution in [0.2, 0.25) is 0 Å². The first-order valence-corrected chi connectivity index (χ1v) is 9.36. The number of aromatic nitrogens is 2. The van der Waals surface area contributed by atoms with Crippen LogP contribution in [0.5, 0.6) is 0 Å². The van der Waals surface area contributed by atoms with Crippen molar-refractivity contribution in [3.63, 3.8) is 0 Å². The second-order valence-corrected chi connectivity index (χ2v) is 7.54. The van der Waals surface area contributed by atoms with Gasteiger partial charge in [0.2, 0.25) is 5.91 Å². The molecule has 0 aliphatic carbocycles. The molecular weight excluding hydrogens is 392 g/mol. The normalized spacial score (nSPS) is 20.6. The molecule has 1 amide bonds. The molecule has 2 atom stereocenters. The number of nitrogens with one attached hydrogen (secondary N) is 4. The number of carbonyl (C=O) groups is 1. The Morgan fingerprint density at radius 3 is 2.62 bits per heavy atom. The van der Waals surface area contributed by atoms with Gasteiger partial charge >= 0.3 is 0 Å². The Morgan fingerprint density at radius 2 is 1.69 bits per heavy atom. The number of hydrogen-bond donors (Lipinski definition) is 4. The van der Waals surface area contributed by atoms with Crippen molar-refractivity contribution in [2.45, 2.75) is 12.1 Å². The summed E-state index contributed by atoms with van der Waals surface area (Å²) in [7, 11) is 0. The number of benzene rings is 2. The van der Waals surface area contributed by atoms with Gasteiger partial charge in [0, 0.05) is 50.8 Å². The van der Waals surface area contributed by atoms with E-state index in [2.05, 4.69) is 48.7 Å². The number of aromatic amines is 2. The molecule has 1 aliphatic rings. The minimum absolute atomic E-state index is 0.00455. The summed E-state index contributed by atoms with van der Waals surface area (Å²) in [4.78, 5) is 19.2. The standard InChI is InChI=1S/C20H17BrN4O/c21-11-5-6-13-15(9-23-17(13)7-11)19-20(26)24-10-18(25-19)14-8-22-16-4-2-1-3-12(14)16/h1-9,18-19,22-23,25H,10H2,(H,24,26)/t18-,19+/m1/s1. The molecule has 5 rings (SSSR count). The van der Waals surface area contributed by atoms with Gasteiger partial charge in [-0.15, -0.1) is 0 Å². The largest absolute Gasteiger partial charge is 0.361 e. The van der Waals surface area contributed by atoms with E-state index in [-0.39, 0.29) is 11.9 Å². The van der Waals surface area contributed by atoms with Crippen molar-refractivity contribution < 1.29 is 4.79 Å². The number of halogens is 1. The number of amides is 1. The summed E-state index contributed by atoms with van der Waals surface area (Å²) in [5, 5.41) is 8.84. The first-order valence-electron chi connectivity index (χ1n) is 8.57. The number of hydrogen-bond acceptors (Lipinski definition) is 2. The smallest absolute Gasteiger partial charge is 0.241 e. The molecule has 0 unspecified atom stereocenters. The van der Waals surface area contributed by atoms with E-state index in [1.165, 1.54) is 10.9 Å². The van der Waals surface area contributed by atoms with Gasteiger partial charge in [-0.3, -0.25) is 10.1 Å². The van der Waals surface area contributed by atoms with Crippen molar-refractivity contribution >= 4 is 43.6 Å². The Hall–Kier alpha value is -2.57. The summed E-state index contributed by atoms with van der Waals surface area (Å²) in [5.41, 5.74) is 4.26. The lowest BCUT2D eigenvalue weighted by molar-refractivity contribution is -0.125. The Kier molecular flexibility index (Phi) is 3.62. The average molecular weight is 409 g/mol. The number of rotatable bonds is 2. The molecule has 3 heterocycles. The fourth-order valence-electron chi connectivity index (χ4n) is 3.81. The van der Waals surface area contributed by atoms with Crippen molar-refractivity contribution in [2.24, 2.45) is 0 Å². The lowest BCUT2D eigenvalue weighted by atomic mass is 9.98. The first-order chi connectivity index (χ1) is 12.7. The Labute approximate surface area is 158 Å². The quantitative estimate of drug-likeness (QED) is 0.405. The molecule has 0 bridgehead atoms. The Balaban J connectivity index is 1.53. The maximum Gasteiger partial charge on any atom is 0.241 e. The fourth-order valence-corrected chi connectivity index (χ4v) is 4.17. The number of carbonyl (C=O) groups excluding carboxylic acids is 1. The van der Waals surface area contributed by atoms with Crippen LogP contribution >= 0.6 is 15.9 Å². The summed E-state index contributed by atoms with van der Waals surface area (Å²) in [6.45, 7) is 0.574. The second kappa shape index (κ2) is 6.00. The van der Waals surface area contributed by atoms with Crippen LogP contribution in [0.4, 0.5) is 0 Å². The second-order valence-electron chi connectivity index (χ2n) is 6.62. The van der Waals surface area contributed by atoms with E-state index in [4.69, 9.17) is 0 Å². The zero-order valence-corrected chi connectivity index (χ0v) is 15.4. The molecule has 1 saturated heterocycles. The lowest BCUT2D eigenvalue weighted by Gasteiger charge is -2.31. The summed E-state index contributed by atoms with van der Waals surface area (Å²) in [5.74, 6) is 0.00455.